The van der Waals surface area contributed by atoms with Crippen LogP contribution in [0.3, 0.4) is 0 Å². The minimum absolute atomic E-state index is 0.229. The highest BCUT2D eigenvalue weighted by atomic mass is 35.5. The highest BCUT2D eigenvalue weighted by molar-refractivity contribution is 6.41. The third-order valence-corrected chi connectivity index (χ3v) is 2.74. The Morgan fingerprint density at radius 2 is 2.12 bits per heavy atom. The Kier molecular flexibility index (Phi) is 2.08. The maximum atomic E-state index is 5.85. The highest BCUT2D eigenvalue weighted by Gasteiger charge is 2.10. The molecule has 0 fully saturated rings. The van der Waals surface area contributed by atoms with Crippen LogP contribution in [0.25, 0.3) is 22.7 Å². The molecule has 0 amide bonds. The second-order valence-electron chi connectivity index (χ2n) is 3.10. The van der Waals surface area contributed by atoms with Crippen molar-refractivity contribution >= 4 is 34.4 Å². The van der Waals surface area contributed by atoms with Crippen LogP contribution in [0.1, 0.15) is 0 Å². The third kappa shape index (κ3) is 1.45. The molecule has 5 nitrogen and oxygen atoms in total. The number of aromatic amines is 1. The fourth-order valence-electron chi connectivity index (χ4n) is 1.35. The van der Waals surface area contributed by atoms with E-state index in [-0.39, 0.29) is 5.15 Å². The van der Waals surface area contributed by atoms with E-state index < -0.39 is 0 Å². The Hall–Kier alpha value is -1.59. The van der Waals surface area contributed by atoms with Gasteiger partial charge in [-0.05, 0) is 6.07 Å². The fraction of sp³-hybridized carbons (Fsp3) is 0. The van der Waals surface area contributed by atoms with Crippen molar-refractivity contribution in [1.82, 2.24) is 20.1 Å². The quantitative estimate of drug-likeness (QED) is 0.679. The van der Waals surface area contributed by atoms with Gasteiger partial charge in [-0.25, -0.2) is 9.97 Å². The van der Waals surface area contributed by atoms with Crippen molar-refractivity contribution in [2.45, 2.75) is 0 Å². The van der Waals surface area contributed by atoms with Gasteiger partial charge in [0.25, 0.3) is 0 Å². The molecule has 0 saturated carbocycles. The number of hydrogen-bond acceptors (Lipinski definition) is 4. The first kappa shape index (κ1) is 9.62. The van der Waals surface area contributed by atoms with Gasteiger partial charge in [0, 0.05) is 6.07 Å². The lowest BCUT2D eigenvalue weighted by Crippen LogP contribution is -1.79. The van der Waals surface area contributed by atoms with Crippen LogP contribution in [0, 0.1) is 0 Å². The molecule has 0 saturated heterocycles. The van der Waals surface area contributed by atoms with E-state index >= 15 is 0 Å². The number of hydrogen-bond donors (Lipinski definition) is 1. The lowest BCUT2D eigenvalue weighted by atomic mass is 10.4. The Morgan fingerprint density at radius 3 is 2.88 bits per heavy atom. The molecule has 0 aromatic carbocycles. The molecule has 0 radical (unpaired) electrons. The summed E-state index contributed by atoms with van der Waals surface area (Å²) >= 11 is 11.6. The molecule has 0 aliphatic heterocycles. The zero-order chi connectivity index (χ0) is 11.1. The van der Waals surface area contributed by atoms with E-state index in [4.69, 9.17) is 27.7 Å². The Labute approximate surface area is 99.4 Å². The summed E-state index contributed by atoms with van der Waals surface area (Å²) in [6.45, 7) is 0. The predicted octanol–water partition coefficient (Wildman–Crippen LogP) is 2.92. The van der Waals surface area contributed by atoms with Crippen LogP contribution in [0.5, 0.6) is 0 Å². The van der Waals surface area contributed by atoms with Crippen molar-refractivity contribution in [3.05, 3.63) is 28.6 Å². The van der Waals surface area contributed by atoms with Gasteiger partial charge in [-0.15, -0.1) is 0 Å². The molecule has 7 heteroatoms. The van der Waals surface area contributed by atoms with Crippen molar-refractivity contribution in [3.63, 3.8) is 0 Å². The molecule has 0 aliphatic carbocycles. The second kappa shape index (κ2) is 3.47. The first-order valence-electron chi connectivity index (χ1n) is 4.36. The van der Waals surface area contributed by atoms with Gasteiger partial charge < -0.3 is 9.51 Å². The number of imidazole rings is 1. The monoisotopic (exact) mass is 254 g/mol. The molecule has 0 unspecified atom stereocenters. The van der Waals surface area contributed by atoms with Crippen LogP contribution < -0.4 is 0 Å². The second-order valence-corrected chi connectivity index (χ2v) is 3.87. The molecule has 16 heavy (non-hydrogen) atoms. The number of rotatable bonds is 1. The smallest absolute Gasteiger partial charge is 0.179 e. The topological polar surface area (TPSA) is 67.6 Å². The maximum Gasteiger partial charge on any atom is 0.179 e. The molecule has 80 valence electrons. The van der Waals surface area contributed by atoms with Crippen LogP contribution in [0.4, 0.5) is 0 Å². The molecule has 0 atom stereocenters. The summed E-state index contributed by atoms with van der Waals surface area (Å²) in [5, 5.41) is 4.37. The summed E-state index contributed by atoms with van der Waals surface area (Å²) < 4.78 is 4.73. The molecular weight excluding hydrogens is 251 g/mol. The number of pyridine rings is 1. The van der Waals surface area contributed by atoms with Gasteiger partial charge in [-0.2, -0.15) is 0 Å². The summed E-state index contributed by atoms with van der Waals surface area (Å²) in [5.74, 6) is 0.564. The van der Waals surface area contributed by atoms with E-state index in [2.05, 4.69) is 20.1 Å². The molecule has 3 aromatic heterocycles. The average Bonchev–Trinajstić information content (AvgIpc) is 2.86. The molecule has 0 aliphatic rings. The Morgan fingerprint density at radius 1 is 1.25 bits per heavy atom. The zero-order valence-electron chi connectivity index (χ0n) is 7.74. The van der Waals surface area contributed by atoms with Crippen LogP contribution in [-0.2, 0) is 0 Å². The van der Waals surface area contributed by atoms with E-state index in [0.29, 0.717) is 27.7 Å². The third-order valence-electron chi connectivity index (χ3n) is 2.06. The van der Waals surface area contributed by atoms with Crippen LogP contribution in [0.15, 0.2) is 22.9 Å². The number of fused-ring (bicyclic) bond motifs is 1. The van der Waals surface area contributed by atoms with E-state index in [0.717, 1.165) is 0 Å². The summed E-state index contributed by atoms with van der Waals surface area (Å²) in [5.41, 5.74) is 1.80. The first-order valence-corrected chi connectivity index (χ1v) is 5.12. The summed E-state index contributed by atoms with van der Waals surface area (Å²) in [4.78, 5) is 11.3. The standard InChI is InChI=1S/C9H4Cl2N4O/c10-4-3-6-9(13-7(4)11)14-8(12-6)5-1-2-16-15-5/h1-3H,(H,12,13,14). The molecule has 0 bridgehead atoms. The minimum Gasteiger partial charge on any atom is -0.364 e. The number of nitrogens with zero attached hydrogens (tertiary/aromatic N) is 3. The highest BCUT2D eigenvalue weighted by Crippen LogP contribution is 2.25. The summed E-state index contributed by atoms with van der Waals surface area (Å²) in [6, 6.07) is 3.36. The summed E-state index contributed by atoms with van der Waals surface area (Å²) in [6.07, 6.45) is 1.47. The fourth-order valence-corrected chi connectivity index (χ4v) is 1.64. The normalized spacial score (nSPS) is 11.1. The lowest BCUT2D eigenvalue weighted by Gasteiger charge is -1.92. The van der Waals surface area contributed by atoms with Crippen LogP contribution >= 0.6 is 23.2 Å². The number of H-pyrrole nitrogens is 1. The lowest BCUT2D eigenvalue weighted by molar-refractivity contribution is 0.422. The predicted molar refractivity (Wildman–Crippen MR) is 59.4 cm³/mol. The number of nitrogens with one attached hydrogen (secondary N) is 1. The van der Waals surface area contributed by atoms with Gasteiger partial charge in [-0.3, -0.25) is 0 Å². The van der Waals surface area contributed by atoms with Crippen molar-refractivity contribution < 1.29 is 4.52 Å². The van der Waals surface area contributed by atoms with Crippen LogP contribution in [0.2, 0.25) is 10.2 Å². The molecule has 3 rings (SSSR count). The van der Waals surface area contributed by atoms with Gasteiger partial charge in [0.1, 0.15) is 17.1 Å². The van der Waals surface area contributed by atoms with Gasteiger partial charge in [-0.1, -0.05) is 28.4 Å². The molecule has 3 aromatic rings. The zero-order valence-corrected chi connectivity index (χ0v) is 9.25. The number of halogens is 2. The number of aromatic nitrogens is 4. The van der Waals surface area contributed by atoms with Crippen molar-refractivity contribution in [1.29, 1.82) is 0 Å². The maximum absolute atomic E-state index is 5.85. The van der Waals surface area contributed by atoms with Crippen LogP contribution in [-0.4, -0.2) is 20.1 Å². The van der Waals surface area contributed by atoms with Gasteiger partial charge in [0.05, 0.1) is 10.5 Å². The minimum atomic E-state index is 0.229. The van der Waals surface area contributed by atoms with Gasteiger partial charge in [0.15, 0.2) is 11.5 Å². The first-order chi connectivity index (χ1) is 7.74. The molecule has 1 N–H and O–H groups in total. The summed E-state index contributed by atoms with van der Waals surface area (Å²) in [7, 11) is 0. The van der Waals surface area contributed by atoms with E-state index in [1.165, 1.54) is 6.26 Å². The molecule has 3 heterocycles. The van der Waals surface area contributed by atoms with Gasteiger partial charge in [0.2, 0.25) is 0 Å². The Bertz CT molecular complexity index is 608. The largest absolute Gasteiger partial charge is 0.364 e. The van der Waals surface area contributed by atoms with Crippen molar-refractivity contribution in [2.75, 3.05) is 0 Å². The average molecular weight is 255 g/mol. The Balaban J connectivity index is 2.23. The van der Waals surface area contributed by atoms with Gasteiger partial charge >= 0.3 is 0 Å². The molecule has 0 spiro atoms. The van der Waals surface area contributed by atoms with E-state index in [1.54, 1.807) is 12.1 Å². The van der Waals surface area contributed by atoms with Crippen molar-refractivity contribution in [3.8, 4) is 11.5 Å². The van der Waals surface area contributed by atoms with Crippen molar-refractivity contribution in [2.24, 2.45) is 0 Å². The SMILES string of the molecule is Clc1cc2[nH]c(-c3ccon3)nc2nc1Cl. The molecular formula is C9H4Cl2N4O. The van der Waals surface area contributed by atoms with E-state index in [1.807, 2.05) is 0 Å². The van der Waals surface area contributed by atoms with E-state index in [9.17, 15) is 0 Å².